The summed E-state index contributed by atoms with van der Waals surface area (Å²) in [5, 5.41) is 40.9. The van der Waals surface area contributed by atoms with E-state index in [0.29, 0.717) is 49.2 Å². The average molecular weight is 830 g/mol. The summed E-state index contributed by atoms with van der Waals surface area (Å²) in [6.45, 7) is 18.6. The van der Waals surface area contributed by atoms with Crippen LogP contribution in [-0.2, 0) is 19.1 Å². The van der Waals surface area contributed by atoms with Crippen molar-refractivity contribution in [2.45, 2.75) is 73.1 Å². The summed E-state index contributed by atoms with van der Waals surface area (Å²) in [5.41, 5.74) is 1.42. The van der Waals surface area contributed by atoms with Crippen molar-refractivity contribution in [3.8, 4) is 11.5 Å². The maximum absolute atomic E-state index is 11.9. The molecule has 1 atom stereocenters. The van der Waals surface area contributed by atoms with E-state index in [-0.39, 0.29) is 36.4 Å². The van der Waals surface area contributed by atoms with E-state index in [0.717, 1.165) is 74.1 Å². The van der Waals surface area contributed by atoms with Gasteiger partial charge in [-0.1, -0.05) is 73.0 Å². The first kappa shape index (κ1) is 47.9. The highest BCUT2D eigenvalue weighted by atomic mass is 16.6. The Hall–Kier alpha value is -6.52. The number of nitro groups is 2. The van der Waals surface area contributed by atoms with Gasteiger partial charge in [-0.05, 0) is 55.0 Å². The van der Waals surface area contributed by atoms with E-state index in [2.05, 4.69) is 61.3 Å². The number of nitro benzene ring substituents is 2. The molecule has 17 heteroatoms. The van der Waals surface area contributed by atoms with Gasteiger partial charge in [0, 0.05) is 36.0 Å². The minimum absolute atomic E-state index is 0.0722. The van der Waals surface area contributed by atoms with Gasteiger partial charge in [0.15, 0.2) is 5.69 Å². The molecule has 0 aliphatic carbocycles. The Morgan fingerprint density at radius 1 is 0.717 bits per heavy atom. The van der Waals surface area contributed by atoms with Crippen molar-refractivity contribution < 1.29 is 38.4 Å². The maximum atomic E-state index is 11.9. The molecule has 322 valence electrons. The van der Waals surface area contributed by atoms with Crippen LogP contribution in [0.5, 0.6) is 11.5 Å². The number of rotatable bonds is 27. The molecule has 0 fully saturated rings. The maximum Gasteiger partial charge on any atom is 0.330 e. The minimum atomic E-state index is -0.750. The first-order valence-corrected chi connectivity index (χ1v) is 20.0. The molecule has 0 amide bonds. The second-order valence-corrected chi connectivity index (χ2v) is 13.8. The number of non-ortho nitro benzene ring substituents is 1. The normalized spacial score (nSPS) is 11.7. The van der Waals surface area contributed by atoms with Crippen molar-refractivity contribution in [2.75, 3.05) is 44.4 Å². The van der Waals surface area contributed by atoms with Gasteiger partial charge in [0.1, 0.15) is 36.1 Å². The summed E-state index contributed by atoms with van der Waals surface area (Å²) in [6.07, 6.45) is 7.81. The van der Waals surface area contributed by atoms with Crippen LogP contribution >= 0.6 is 0 Å². The zero-order valence-corrected chi connectivity index (χ0v) is 35.0. The Morgan fingerprint density at radius 2 is 1.23 bits per heavy atom. The van der Waals surface area contributed by atoms with Gasteiger partial charge >= 0.3 is 17.6 Å². The third-order valence-electron chi connectivity index (χ3n) is 9.67. The number of nitrogens with zero attached hydrogens (tertiary/aromatic N) is 7. The van der Waals surface area contributed by atoms with Crippen molar-refractivity contribution in [1.82, 2.24) is 0 Å². The Bertz CT molecular complexity index is 1990. The van der Waals surface area contributed by atoms with Gasteiger partial charge in [0.2, 0.25) is 0 Å². The topological polar surface area (TPSA) is 210 Å². The first-order chi connectivity index (χ1) is 28.9. The van der Waals surface area contributed by atoms with Crippen molar-refractivity contribution in [1.29, 1.82) is 0 Å². The van der Waals surface area contributed by atoms with Crippen LogP contribution in [0.2, 0.25) is 0 Å². The molecule has 0 radical (unpaired) electrons. The van der Waals surface area contributed by atoms with E-state index in [1.165, 1.54) is 6.07 Å². The largest absolute Gasteiger partial charge is 0.491 e. The Labute approximate surface area is 350 Å². The zero-order valence-electron chi connectivity index (χ0n) is 35.0. The molecule has 0 N–H and O–H groups in total. The van der Waals surface area contributed by atoms with Crippen molar-refractivity contribution >= 4 is 51.8 Å². The fourth-order valence-electron chi connectivity index (χ4n) is 5.78. The molecule has 3 rings (SSSR count). The van der Waals surface area contributed by atoms with Gasteiger partial charge in [0.05, 0.1) is 47.9 Å². The molecule has 60 heavy (non-hydrogen) atoms. The summed E-state index contributed by atoms with van der Waals surface area (Å²) >= 11 is 0. The lowest BCUT2D eigenvalue weighted by Crippen LogP contribution is -2.32. The lowest BCUT2D eigenvalue weighted by atomic mass is 10.0. The van der Waals surface area contributed by atoms with Crippen LogP contribution in [0, 0.1) is 39.0 Å². The summed E-state index contributed by atoms with van der Waals surface area (Å²) in [6, 6.07) is 11.9. The second-order valence-electron chi connectivity index (χ2n) is 13.8. The molecule has 0 aliphatic rings. The number of carbonyl (C=O) groups excluding carboxylic acids is 2. The monoisotopic (exact) mass is 829 g/mol. The van der Waals surface area contributed by atoms with Gasteiger partial charge in [0.25, 0.3) is 5.69 Å². The minimum Gasteiger partial charge on any atom is -0.491 e. The average Bonchev–Trinajstić information content (AvgIpc) is 3.25. The highest BCUT2D eigenvalue weighted by molar-refractivity contribution is 5.81. The van der Waals surface area contributed by atoms with Crippen molar-refractivity contribution in [3.05, 3.63) is 99.6 Å². The number of aryl methyl sites for hydroxylation is 1. The standard InChI is InChI=1S/C43H55N7O10/c1-8-14-15-32(11-4)29-60-41-26-37(46-44-35-18-16-33(24-30(35)7)48(20-22-57-42(51)12-5)21-23-58-43(52)13-6)40(59-28-31(9-2)10-3)27-38(41)47-45-36-19-17-34(49(53)54)25-39(36)50(55)56/h12-13,16-19,24-27,31-32H,5-6,8-11,14-15,20-23,28-29H2,1-4,7H3. The van der Waals surface area contributed by atoms with Crippen LogP contribution in [0.25, 0.3) is 0 Å². The van der Waals surface area contributed by atoms with E-state index < -0.39 is 33.2 Å². The summed E-state index contributed by atoms with van der Waals surface area (Å²) in [4.78, 5) is 47.0. The van der Waals surface area contributed by atoms with Gasteiger partial charge in [-0.2, -0.15) is 5.11 Å². The van der Waals surface area contributed by atoms with Gasteiger partial charge in [-0.3, -0.25) is 20.2 Å². The Kier molecular flexibility index (Phi) is 20.0. The molecule has 1 unspecified atom stereocenters. The highest BCUT2D eigenvalue weighted by Gasteiger charge is 2.21. The fraction of sp³-hybridized carbons (Fsp3) is 0.442. The van der Waals surface area contributed by atoms with Crippen LogP contribution in [0.1, 0.15) is 71.8 Å². The number of hydrogen-bond donors (Lipinski definition) is 0. The fourth-order valence-corrected chi connectivity index (χ4v) is 5.78. The number of benzene rings is 3. The van der Waals surface area contributed by atoms with Gasteiger partial charge < -0.3 is 23.8 Å². The molecule has 17 nitrogen and oxygen atoms in total. The summed E-state index contributed by atoms with van der Waals surface area (Å²) in [7, 11) is 0. The number of esters is 2. The molecule has 3 aromatic rings. The predicted molar refractivity (Wildman–Crippen MR) is 229 cm³/mol. The Morgan fingerprint density at radius 3 is 1.72 bits per heavy atom. The molecular weight excluding hydrogens is 775 g/mol. The van der Waals surface area contributed by atoms with Crippen LogP contribution in [0.3, 0.4) is 0 Å². The first-order valence-electron chi connectivity index (χ1n) is 20.0. The summed E-state index contributed by atoms with van der Waals surface area (Å²) < 4.78 is 23.1. The van der Waals surface area contributed by atoms with Crippen molar-refractivity contribution in [2.24, 2.45) is 32.3 Å². The lowest BCUT2D eigenvalue weighted by molar-refractivity contribution is -0.393. The number of azo groups is 2. The van der Waals surface area contributed by atoms with Crippen LogP contribution in [-0.4, -0.2) is 61.3 Å². The van der Waals surface area contributed by atoms with Crippen LogP contribution in [0.4, 0.5) is 39.8 Å². The molecule has 0 heterocycles. The van der Waals surface area contributed by atoms with Crippen LogP contribution in [0.15, 0.2) is 94.3 Å². The zero-order chi connectivity index (χ0) is 44.0. The Balaban J connectivity index is 2.10. The SMILES string of the molecule is C=CC(=O)OCCN(CCOC(=O)C=C)c1ccc(N=Nc2cc(OCC(CC)CCCC)c(N=Nc3ccc([N+](=O)[O-])cc3[N+](=O)[O-])cc2OCC(CC)CC)c(C)c1. The third kappa shape index (κ3) is 15.0. The molecule has 0 spiro atoms. The number of hydrogen-bond acceptors (Lipinski definition) is 15. The number of unbranched alkanes of at least 4 members (excludes halogenated alkanes) is 1. The predicted octanol–water partition coefficient (Wildman–Crippen LogP) is 11.3. The number of ether oxygens (including phenoxy) is 4. The van der Waals surface area contributed by atoms with Crippen molar-refractivity contribution in [3.63, 3.8) is 0 Å². The molecule has 0 aliphatic heterocycles. The smallest absolute Gasteiger partial charge is 0.330 e. The van der Waals surface area contributed by atoms with E-state index >= 15 is 0 Å². The lowest BCUT2D eigenvalue weighted by Gasteiger charge is -2.25. The van der Waals surface area contributed by atoms with E-state index in [1.54, 1.807) is 18.2 Å². The van der Waals surface area contributed by atoms with E-state index in [9.17, 15) is 29.8 Å². The second kappa shape index (κ2) is 25.1. The van der Waals surface area contributed by atoms with E-state index in [1.807, 2.05) is 24.0 Å². The highest BCUT2D eigenvalue weighted by Crippen LogP contribution is 2.43. The molecule has 0 saturated carbocycles. The molecule has 0 saturated heterocycles. The quantitative estimate of drug-likeness (QED) is 0.0232. The summed E-state index contributed by atoms with van der Waals surface area (Å²) in [5.74, 6) is -0.0112. The molecule has 3 aromatic carbocycles. The molecule has 0 bridgehead atoms. The molecular formula is C43H55N7O10. The molecule has 0 aromatic heterocycles. The third-order valence-corrected chi connectivity index (χ3v) is 9.67. The van der Waals surface area contributed by atoms with Crippen LogP contribution < -0.4 is 14.4 Å². The number of anilines is 1. The van der Waals surface area contributed by atoms with E-state index in [4.69, 9.17) is 18.9 Å². The van der Waals surface area contributed by atoms with Gasteiger partial charge in [-0.15, -0.1) is 15.3 Å². The number of carbonyl (C=O) groups is 2. The van der Waals surface area contributed by atoms with Gasteiger partial charge in [-0.25, -0.2) is 9.59 Å².